The van der Waals surface area contributed by atoms with Crippen LogP contribution in [0.3, 0.4) is 0 Å². The standard InChI is InChI=1S/C20H22N2O5/c23-18(11-13-27-17-4-2-1-3-5-17)22-14-15-6-8-16(9-7-15)20(26)21-12-10-19(24)25/h1-9H,10-14H2,(H,21,26)(H,22,23)(H,24,25). The van der Waals surface area contributed by atoms with Crippen LogP contribution in [0, 0.1) is 0 Å². The van der Waals surface area contributed by atoms with E-state index in [1.807, 2.05) is 30.3 Å². The van der Waals surface area contributed by atoms with Crippen LogP contribution < -0.4 is 15.4 Å². The lowest BCUT2D eigenvalue weighted by Gasteiger charge is -2.08. The number of ether oxygens (including phenoxy) is 1. The third kappa shape index (κ3) is 7.60. The minimum atomic E-state index is -0.962. The molecule has 7 heteroatoms. The highest BCUT2D eigenvalue weighted by molar-refractivity contribution is 5.94. The van der Waals surface area contributed by atoms with Crippen molar-refractivity contribution in [1.29, 1.82) is 0 Å². The number of hydrogen-bond acceptors (Lipinski definition) is 4. The van der Waals surface area contributed by atoms with Gasteiger partial charge in [0.25, 0.3) is 5.91 Å². The number of aliphatic carboxylic acids is 1. The molecule has 0 aliphatic carbocycles. The highest BCUT2D eigenvalue weighted by atomic mass is 16.5. The van der Waals surface area contributed by atoms with Crippen LogP contribution >= 0.6 is 0 Å². The summed E-state index contributed by atoms with van der Waals surface area (Å²) in [5.41, 5.74) is 1.29. The Bertz CT molecular complexity index is 760. The van der Waals surface area contributed by atoms with Crippen LogP contribution in [-0.2, 0) is 16.1 Å². The zero-order valence-corrected chi connectivity index (χ0v) is 14.8. The first-order chi connectivity index (χ1) is 13.0. The minimum Gasteiger partial charge on any atom is -0.493 e. The summed E-state index contributed by atoms with van der Waals surface area (Å²) in [5, 5.41) is 13.9. The molecule has 0 saturated carbocycles. The number of amides is 2. The van der Waals surface area contributed by atoms with E-state index < -0.39 is 5.97 Å². The van der Waals surface area contributed by atoms with Gasteiger partial charge in [0.2, 0.25) is 5.91 Å². The Hall–Kier alpha value is -3.35. The third-order valence-electron chi connectivity index (χ3n) is 3.67. The number of carbonyl (C=O) groups is 3. The molecule has 2 amide bonds. The molecular weight excluding hydrogens is 348 g/mol. The Labute approximate surface area is 157 Å². The van der Waals surface area contributed by atoms with Gasteiger partial charge < -0.3 is 20.5 Å². The lowest BCUT2D eigenvalue weighted by atomic mass is 10.1. The molecule has 0 aliphatic rings. The van der Waals surface area contributed by atoms with Crippen molar-refractivity contribution in [3.8, 4) is 5.75 Å². The Kier molecular flexibility index (Phi) is 7.84. The van der Waals surface area contributed by atoms with Crippen LogP contribution in [0.1, 0.15) is 28.8 Å². The van der Waals surface area contributed by atoms with Crippen LogP contribution in [-0.4, -0.2) is 36.0 Å². The number of nitrogens with one attached hydrogen (secondary N) is 2. The van der Waals surface area contributed by atoms with E-state index in [-0.39, 0.29) is 31.2 Å². The molecule has 0 bridgehead atoms. The van der Waals surface area contributed by atoms with Gasteiger partial charge in [-0.3, -0.25) is 14.4 Å². The van der Waals surface area contributed by atoms with Gasteiger partial charge in [-0.1, -0.05) is 30.3 Å². The van der Waals surface area contributed by atoms with Gasteiger partial charge in [0, 0.05) is 18.7 Å². The van der Waals surface area contributed by atoms with Gasteiger partial charge in [0.1, 0.15) is 5.75 Å². The molecule has 2 aromatic carbocycles. The molecule has 0 heterocycles. The molecule has 0 fully saturated rings. The average molecular weight is 370 g/mol. The third-order valence-corrected chi connectivity index (χ3v) is 3.67. The lowest BCUT2D eigenvalue weighted by Crippen LogP contribution is -2.26. The van der Waals surface area contributed by atoms with Crippen molar-refractivity contribution in [3.63, 3.8) is 0 Å². The SMILES string of the molecule is O=C(O)CCNC(=O)c1ccc(CNC(=O)CCOc2ccccc2)cc1. The van der Waals surface area contributed by atoms with Gasteiger partial charge in [0.15, 0.2) is 0 Å². The maximum absolute atomic E-state index is 11.9. The predicted molar refractivity (Wildman–Crippen MR) is 99.4 cm³/mol. The summed E-state index contributed by atoms with van der Waals surface area (Å²) in [7, 11) is 0. The van der Waals surface area contributed by atoms with E-state index in [0.717, 1.165) is 11.3 Å². The van der Waals surface area contributed by atoms with E-state index in [4.69, 9.17) is 9.84 Å². The minimum absolute atomic E-state index is 0.0804. The second-order valence-corrected chi connectivity index (χ2v) is 5.78. The van der Waals surface area contributed by atoms with E-state index in [1.165, 1.54) is 0 Å². The molecule has 0 radical (unpaired) electrons. The molecule has 0 unspecified atom stereocenters. The maximum Gasteiger partial charge on any atom is 0.305 e. The second-order valence-electron chi connectivity index (χ2n) is 5.78. The number of benzene rings is 2. The van der Waals surface area contributed by atoms with Crippen LogP contribution in [0.4, 0.5) is 0 Å². The average Bonchev–Trinajstić information content (AvgIpc) is 2.67. The Morgan fingerprint density at radius 3 is 2.26 bits per heavy atom. The van der Waals surface area contributed by atoms with Crippen molar-refractivity contribution in [3.05, 3.63) is 65.7 Å². The van der Waals surface area contributed by atoms with Crippen molar-refractivity contribution in [2.45, 2.75) is 19.4 Å². The zero-order chi connectivity index (χ0) is 19.5. The van der Waals surface area contributed by atoms with E-state index in [0.29, 0.717) is 18.7 Å². The maximum atomic E-state index is 11.9. The van der Waals surface area contributed by atoms with Gasteiger partial charge in [-0.05, 0) is 29.8 Å². The number of hydrogen-bond donors (Lipinski definition) is 3. The summed E-state index contributed by atoms with van der Waals surface area (Å²) in [6, 6.07) is 16.0. The van der Waals surface area contributed by atoms with Crippen LogP contribution in [0.15, 0.2) is 54.6 Å². The molecule has 7 nitrogen and oxygen atoms in total. The van der Waals surface area contributed by atoms with E-state index in [1.54, 1.807) is 24.3 Å². The molecule has 0 atom stereocenters. The number of carboxylic acids is 1. The molecule has 3 N–H and O–H groups in total. The molecular formula is C20H22N2O5. The number of carboxylic acid groups (broad SMARTS) is 1. The smallest absolute Gasteiger partial charge is 0.305 e. The molecule has 0 saturated heterocycles. The van der Waals surface area contributed by atoms with Gasteiger partial charge in [-0.15, -0.1) is 0 Å². The van der Waals surface area contributed by atoms with Crippen LogP contribution in [0.5, 0.6) is 5.75 Å². The molecule has 27 heavy (non-hydrogen) atoms. The van der Waals surface area contributed by atoms with Crippen molar-refractivity contribution < 1.29 is 24.2 Å². The molecule has 142 valence electrons. The number of rotatable bonds is 10. The van der Waals surface area contributed by atoms with E-state index >= 15 is 0 Å². The summed E-state index contributed by atoms with van der Waals surface area (Å²) < 4.78 is 5.48. The first-order valence-corrected chi connectivity index (χ1v) is 8.58. The summed E-state index contributed by atoms with van der Waals surface area (Å²) in [4.78, 5) is 34.1. The fourth-order valence-corrected chi connectivity index (χ4v) is 2.23. The summed E-state index contributed by atoms with van der Waals surface area (Å²) in [5.74, 6) is -0.690. The lowest BCUT2D eigenvalue weighted by molar-refractivity contribution is -0.136. The summed E-state index contributed by atoms with van der Waals surface area (Å²) >= 11 is 0. The van der Waals surface area contributed by atoms with Crippen LogP contribution in [0.2, 0.25) is 0 Å². The summed E-state index contributed by atoms with van der Waals surface area (Å²) in [6.45, 7) is 0.730. The van der Waals surface area contributed by atoms with Crippen molar-refractivity contribution in [1.82, 2.24) is 10.6 Å². The molecule has 0 spiro atoms. The second kappa shape index (κ2) is 10.6. The molecule has 0 aliphatic heterocycles. The zero-order valence-electron chi connectivity index (χ0n) is 14.8. The van der Waals surface area contributed by atoms with Gasteiger partial charge in [-0.25, -0.2) is 0 Å². The number of carbonyl (C=O) groups excluding carboxylic acids is 2. The molecule has 0 aromatic heterocycles. The fraction of sp³-hybridized carbons (Fsp3) is 0.250. The van der Waals surface area contributed by atoms with Gasteiger partial charge in [0.05, 0.1) is 19.4 Å². The van der Waals surface area contributed by atoms with Crippen molar-refractivity contribution in [2.75, 3.05) is 13.2 Å². The quantitative estimate of drug-likeness (QED) is 0.593. The molecule has 2 rings (SSSR count). The van der Waals surface area contributed by atoms with Crippen molar-refractivity contribution in [2.24, 2.45) is 0 Å². The van der Waals surface area contributed by atoms with Crippen molar-refractivity contribution >= 4 is 17.8 Å². The highest BCUT2D eigenvalue weighted by Gasteiger charge is 2.07. The van der Waals surface area contributed by atoms with Gasteiger partial charge >= 0.3 is 5.97 Å². The fourth-order valence-electron chi connectivity index (χ4n) is 2.23. The van der Waals surface area contributed by atoms with Crippen LogP contribution in [0.25, 0.3) is 0 Å². The van der Waals surface area contributed by atoms with E-state index in [9.17, 15) is 14.4 Å². The highest BCUT2D eigenvalue weighted by Crippen LogP contribution is 2.08. The Balaban J connectivity index is 1.68. The largest absolute Gasteiger partial charge is 0.493 e. The number of para-hydroxylation sites is 1. The van der Waals surface area contributed by atoms with Gasteiger partial charge in [-0.2, -0.15) is 0 Å². The first-order valence-electron chi connectivity index (χ1n) is 8.58. The first kappa shape index (κ1) is 20.0. The van der Waals surface area contributed by atoms with E-state index in [2.05, 4.69) is 10.6 Å². The normalized spacial score (nSPS) is 10.1. The summed E-state index contributed by atoms with van der Waals surface area (Å²) in [6.07, 6.45) is 0.128. The monoisotopic (exact) mass is 370 g/mol. The predicted octanol–water partition coefficient (Wildman–Crippen LogP) is 1.98. The topological polar surface area (TPSA) is 105 Å². The molecule has 2 aromatic rings. The Morgan fingerprint density at radius 1 is 0.889 bits per heavy atom. The Morgan fingerprint density at radius 2 is 1.59 bits per heavy atom.